The molecule has 1 rings (SSSR count). The molecule has 1 aromatic rings. The first kappa shape index (κ1) is 13.6. The lowest BCUT2D eigenvalue weighted by molar-refractivity contribution is 0.393. The summed E-state index contributed by atoms with van der Waals surface area (Å²) in [6.07, 6.45) is 0.108. The molecular weight excluding hydrogens is 243 g/mol. The van der Waals surface area contributed by atoms with Gasteiger partial charge in [0.05, 0.1) is 17.4 Å². The Morgan fingerprint density at radius 1 is 1.41 bits per heavy atom. The molecule has 0 bridgehead atoms. The summed E-state index contributed by atoms with van der Waals surface area (Å²) in [7, 11) is -2.26. The van der Waals surface area contributed by atoms with E-state index in [1.54, 1.807) is 6.92 Å². The first-order chi connectivity index (χ1) is 7.89. The second-order valence-corrected chi connectivity index (χ2v) is 5.68. The maximum atomic E-state index is 12.7. The van der Waals surface area contributed by atoms with Crippen molar-refractivity contribution in [1.82, 2.24) is 4.31 Å². The Bertz CT molecular complexity index is 519. The number of sulfonamides is 1. The van der Waals surface area contributed by atoms with Gasteiger partial charge in [-0.1, -0.05) is 0 Å². The molecule has 0 aliphatic carbocycles. The molecule has 1 unspecified atom stereocenters. The Morgan fingerprint density at radius 3 is 2.41 bits per heavy atom. The summed E-state index contributed by atoms with van der Waals surface area (Å²) in [6.45, 7) is 1.64. The van der Waals surface area contributed by atoms with Gasteiger partial charge in [-0.3, -0.25) is 0 Å². The van der Waals surface area contributed by atoms with E-state index in [0.29, 0.717) is 0 Å². The van der Waals surface area contributed by atoms with Crippen molar-refractivity contribution >= 4 is 10.0 Å². The number of halogens is 1. The lowest BCUT2D eigenvalue weighted by atomic mass is 10.3. The van der Waals surface area contributed by atoms with Gasteiger partial charge in [-0.2, -0.15) is 9.57 Å². The molecule has 0 fully saturated rings. The van der Waals surface area contributed by atoms with Gasteiger partial charge in [0.1, 0.15) is 5.82 Å². The van der Waals surface area contributed by atoms with Gasteiger partial charge in [0.15, 0.2) is 0 Å². The average Bonchev–Trinajstić information content (AvgIpc) is 2.29. The van der Waals surface area contributed by atoms with E-state index in [1.807, 2.05) is 6.07 Å². The van der Waals surface area contributed by atoms with Crippen LogP contribution in [0.15, 0.2) is 29.2 Å². The van der Waals surface area contributed by atoms with Crippen molar-refractivity contribution in [3.8, 4) is 6.07 Å². The maximum Gasteiger partial charge on any atom is 0.243 e. The standard InChI is InChI=1S/C11H13FN2O2S/c1-9(7-8-13)14(2)17(15,16)11-5-3-10(12)4-6-11/h3-6,9H,7H2,1-2H3. The topological polar surface area (TPSA) is 61.2 Å². The zero-order valence-electron chi connectivity index (χ0n) is 9.59. The minimum Gasteiger partial charge on any atom is -0.207 e. The zero-order valence-corrected chi connectivity index (χ0v) is 10.4. The fourth-order valence-electron chi connectivity index (χ4n) is 1.27. The Hall–Kier alpha value is -1.45. The molecule has 0 amide bonds. The van der Waals surface area contributed by atoms with Gasteiger partial charge in [0.2, 0.25) is 10.0 Å². The first-order valence-corrected chi connectivity index (χ1v) is 6.44. The van der Waals surface area contributed by atoms with Crippen LogP contribution in [0.5, 0.6) is 0 Å². The van der Waals surface area contributed by atoms with Crippen LogP contribution in [0, 0.1) is 17.1 Å². The largest absolute Gasteiger partial charge is 0.243 e. The highest BCUT2D eigenvalue weighted by atomic mass is 32.2. The summed E-state index contributed by atoms with van der Waals surface area (Å²) in [5.74, 6) is -0.489. The second kappa shape index (κ2) is 5.25. The van der Waals surface area contributed by atoms with Crippen LogP contribution in [-0.2, 0) is 10.0 Å². The third-order valence-electron chi connectivity index (χ3n) is 2.50. The number of hydrogen-bond acceptors (Lipinski definition) is 3. The fraction of sp³-hybridized carbons (Fsp3) is 0.364. The van der Waals surface area contributed by atoms with E-state index in [-0.39, 0.29) is 11.3 Å². The molecule has 6 heteroatoms. The van der Waals surface area contributed by atoms with E-state index in [1.165, 1.54) is 19.2 Å². The van der Waals surface area contributed by atoms with Gasteiger partial charge < -0.3 is 0 Å². The highest BCUT2D eigenvalue weighted by molar-refractivity contribution is 7.89. The van der Waals surface area contributed by atoms with Crippen molar-refractivity contribution in [1.29, 1.82) is 5.26 Å². The lowest BCUT2D eigenvalue weighted by Crippen LogP contribution is -2.34. The number of benzene rings is 1. The molecule has 1 atom stereocenters. The SMILES string of the molecule is CC(CC#N)N(C)S(=O)(=O)c1ccc(F)cc1. The Labute approximate surface area is 100 Å². The van der Waals surface area contributed by atoms with E-state index in [4.69, 9.17) is 5.26 Å². The Kier molecular flexibility index (Phi) is 4.21. The monoisotopic (exact) mass is 256 g/mol. The molecule has 0 radical (unpaired) electrons. The molecule has 92 valence electrons. The highest BCUT2D eigenvalue weighted by Crippen LogP contribution is 2.17. The number of hydrogen-bond donors (Lipinski definition) is 0. The van der Waals surface area contributed by atoms with Gasteiger partial charge in [-0.15, -0.1) is 0 Å². The molecule has 0 saturated heterocycles. The van der Waals surface area contributed by atoms with Crippen molar-refractivity contribution in [2.45, 2.75) is 24.3 Å². The molecule has 0 aliphatic rings. The lowest BCUT2D eigenvalue weighted by Gasteiger charge is -2.22. The van der Waals surface area contributed by atoms with Gasteiger partial charge in [0, 0.05) is 13.1 Å². The van der Waals surface area contributed by atoms with Crippen LogP contribution in [0.2, 0.25) is 0 Å². The summed E-state index contributed by atoms with van der Waals surface area (Å²) in [5, 5.41) is 8.54. The minimum atomic E-state index is -3.66. The number of nitrogens with zero attached hydrogens (tertiary/aromatic N) is 2. The van der Waals surface area contributed by atoms with E-state index in [9.17, 15) is 12.8 Å². The molecule has 1 aromatic carbocycles. The molecule has 0 N–H and O–H groups in total. The quantitative estimate of drug-likeness (QED) is 0.824. The zero-order chi connectivity index (χ0) is 13.1. The van der Waals surface area contributed by atoms with E-state index in [2.05, 4.69) is 0 Å². The second-order valence-electron chi connectivity index (χ2n) is 3.69. The molecular formula is C11H13FN2O2S. The van der Waals surface area contributed by atoms with Crippen LogP contribution in [0.4, 0.5) is 4.39 Å². The number of rotatable bonds is 4. The predicted octanol–water partition coefficient (Wildman–Crippen LogP) is 1.75. The third-order valence-corrected chi connectivity index (χ3v) is 4.48. The summed E-state index contributed by atoms with van der Waals surface area (Å²) in [6, 6.07) is 6.10. The summed E-state index contributed by atoms with van der Waals surface area (Å²) in [4.78, 5) is 0.0196. The number of nitriles is 1. The van der Waals surface area contributed by atoms with Crippen molar-refractivity contribution < 1.29 is 12.8 Å². The fourth-order valence-corrected chi connectivity index (χ4v) is 2.63. The van der Waals surface area contributed by atoms with Crippen LogP contribution in [-0.4, -0.2) is 25.8 Å². The highest BCUT2D eigenvalue weighted by Gasteiger charge is 2.24. The molecule has 17 heavy (non-hydrogen) atoms. The van der Waals surface area contributed by atoms with E-state index in [0.717, 1.165) is 16.4 Å². The van der Waals surface area contributed by atoms with Crippen molar-refractivity contribution in [2.24, 2.45) is 0 Å². The summed E-state index contributed by atoms with van der Waals surface area (Å²) < 4.78 is 37.9. The van der Waals surface area contributed by atoms with Gasteiger partial charge in [-0.05, 0) is 31.2 Å². The van der Waals surface area contributed by atoms with E-state index < -0.39 is 21.9 Å². The summed E-state index contributed by atoms with van der Waals surface area (Å²) in [5.41, 5.74) is 0. The summed E-state index contributed by atoms with van der Waals surface area (Å²) >= 11 is 0. The van der Waals surface area contributed by atoms with Crippen molar-refractivity contribution in [3.05, 3.63) is 30.1 Å². The molecule has 0 spiro atoms. The molecule has 0 aliphatic heterocycles. The third kappa shape index (κ3) is 3.02. The maximum absolute atomic E-state index is 12.7. The van der Waals surface area contributed by atoms with Crippen LogP contribution in [0.25, 0.3) is 0 Å². The minimum absolute atomic E-state index is 0.0196. The van der Waals surface area contributed by atoms with Crippen LogP contribution in [0.3, 0.4) is 0 Å². The van der Waals surface area contributed by atoms with Crippen LogP contribution >= 0.6 is 0 Å². The average molecular weight is 256 g/mol. The van der Waals surface area contributed by atoms with E-state index >= 15 is 0 Å². The van der Waals surface area contributed by atoms with Gasteiger partial charge in [0.25, 0.3) is 0 Å². The molecule has 0 aromatic heterocycles. The molecule has 4 nitrogen and oxygen atoms in total. The smallest absolute Gasteiger partial charge is 0.207 e. The first-order valence-electron chi connectivity index (χ1n) is 5.00. The van der Waals surface area contributed by atoms with Crippen LogP contribution in [0.1, 0.15) is 13.3 Å². The van der Waals surface area contributed by atoms with Crippen LogP contribution < -0.4 is 0 Å². The predicted molar refractivity (Wildman–Crippen MR) is 61.0 cm³/mol. The van der Waals surface area contributed by atoms with Crippen molar-refractivity contribution in [3.63, 3.8) is 0 Å². The molecule has 0 heterocycles. The van der Waals surface area contributed by atoms with Gasteiger partial charge >= 0.3 is 0 Å². The Balaban J connectivity index is 3.03. The molecule has 0 saturated carbocycles. The Morgan fingerprint density at radius 2 is 1.94 bits per heavy atom. The van der Waals surface area contributed by atoms with Crippen molar-refractivity contribution in [2.75, 3.05) is 7.05 Å². The van der Waals surface area contributed by atoms with Gasteiger partial charge in [-0.25, -0.2) is 12.8 Å². The normalized spacial score (nSPS) is 13.4.